The number of thiazole rings is 1. The molecule has 2 aromatic rings. The Hall–Kier alpha value is -2.19. The molecule has 1 fully saturated rings. The molecule has 4 heterocycles. The first-order chi connectivity index (χ1) is 11.4. The predicted octanol–water partition coefficient (Wildman–Crippen LogP) is 1.51. The van der Waals surface area contributed by atoms with Gasteiger partial charge in [-0.3, -0.25) is 14.1 Å². The van der Waals surface area contributed by atoms with E-state index in [1.807, 2.05) is 17.5 Å². The maximum absolute atomic E-state index is 12.0. The third kappa shape index (κ3) is 1.78. The van der Waals surface area contributed by atoms with E-state index in [1.54, 1.807) is 13.3 Å². The number of hydrogen-bond donors (Lipinski definition) is 2. The summed E-state index contributed by atoms with van der Waals surface area (Å²) in [5.74, 6) is -1.38. The second-order valence-electron chi connectivity index (χ2n) is 6.35. The number of carboxylic acid groups (broad SMARTS) is 1. The Morgan fingerprint density at radius 1 is 1.50 bits per heavy atom. The molecule has 8 heteroatoms. The molecule has 0 saturated carbocycles. The molecule has 0 bridgehead atoms. The summed E-state index contributed by atoms with van der Waals surface area (Å²) in [6, 6.07) is 0. The number of hydrogen-bond acceptors (Lipinski definition) is 5. The lowest BCUT2D eigenvalue weighted by Gasteiger charge is -2.49. The van der Waals surface area contributed by atoms with E-state index < -0.39 is 17.6 Å². The standard InChI is InChI=1S/C16H17N3O4S/c1-3-10-14-18(7-17-10)6-11(24-14)9-4-16(8(2)20)5-12(21)19(16)13(9)15(22)23/h6-8,20H,3-5H2,1-2H3,(H,22,23)/t8-,16?/m1/s1. The average Bonchev–Trinajstić information content (AvgIpc) is 3.14. The number of aliphatic hydroxyl groups excluding tert-OH is 1. The van der Waals surface area contributed by atoms with Crippen molar-refractivity contribution in [1.82, 2.24) is 14.3 Å². The Kier molecular flexibility index (Phi) is 3.14. The number of carboxylic acids is 1. The highest BCUT2D eigenvalue weighted by Gasteiger charge is 2.61. The van der Waals surface area contributed by atoms with Crippen LogP contribution in [0.3, 0.4) is 0 Å². The topological polar surface area (TPSA) is 95.1 Å². The zero-order valence-corrected chi connectivity index (χ0v) is 14.1. The fraction of sp³-hybridized carbons (Fsp3) is 0.438. The minimum atomic E-state index is -1.13. The lowest BCUT2D eigenvalue weighted by Crippen LogP contribution is -2.65. The van der Waals surface area contributed by atoms with Crippen molar-refractivity contribution >= 4 is 33.6 Å². The smallest absolute Gasteiger partial charge is 0.352 e. The molecule has 24 heavy (non-hydrogen) atoms. The van der Waals surface area contributed by atoms with E-state index in [2.05, 4.69) is 4.98 Å². The van der Waals surface area contributed by atoms with Crippen LogP contribution in [0.15, 0.2) is 18.2 Å². The van der Waals surface area contributed by atoms with E-state index in [-0.39, 0.29) is 18.0 Å². The van der Waals surface area contributed by atoms with Crippen molar-refractivity contribution in [2.24, 2.45) is 0 Å². The minimum absolute atomic E-state index is 0.00246. The first-order valence-electron chi connectivity index (χ1n) is 7.82. The fourth-order valence-electron chi connectivity index (χ4n) is 3.73. The summed E-state index contributed by atoms with van der Waals surface area (Å²) < 4.78 is 1.89. The minimum Gasteiger partial charge on any atom is -0.477 e. The van der Waals surface area contributed by atoms with Crippen LogP contribution in [-0.4, -0.2) is 48.0 Å². The van der Waals surface area contributed by atoms with Crippen molar-refractivity contribution in [3.05, 3.63) is 28.8 Å². The van der Waals surface area contributed by atoms with Crippen LogP contribution < -0.4 is 0 Å². The number of nitrogens with zero attached hydrogens (tertiary/aromatic N) is 3. The zero-order chi connectivity index (χ0) is 17.2. The van der Waals surface area contributed by atoms with E-state index >= 15 is 0 Å². The number of rotatable bonds is 4. The highest BCUT2D eigenvalue weighted by Crippen LogP contribution is 2.53. The van der Waals surface area contributed by atoms with Gasteiger partial charge in [-0.2, -0.15) is 0 Å². The van der Waals surface area contributed by atoms with Gasteiger partial charge < -0.3 is 10.2 Å². The van der Waals surface area contributed by atoms with E-state index in [1.165, 1.54) is 16.2 Å². The second-order valence-corrected chi connectivity index (χ2v) is 7.38. The molecule has 4 rings (SSSR count). The van der Waals surface area contributed by atoms with Crippen LogP contribution in [0.1, 0.15) is 37.3 Å². The quantitative estimate of drug-likeness (QED) is 0.818. The Balaban J connectivity index is 1.87. The summed E-state index contributed by atoms with van der Waals surface area (Å²) in [4.78, 5) is 31.3. The highest BCUT2D eigenvalue weighted by molar-refractivity contribution is 7.18. The van der Waals surface area contributed by atoms with Gasteiger partial charge in [0.05, 0.1) is 28.6 Å². The molecule has 2 aliphatic rings. The molecule has 2 N–H and O–H groups in total. The van der Waals surface area contributed by atoms with Crippen LogP contribution >= 0.6 is 11.3 Å². The van der Waals surface area contributed by atoms with Gasteiger partial charge in [-0.15, -0.1) is 11.3 Å². The lowest BCUT2D eigenvalue weighted by atomic mass is 9.78. The lowest BCUT2D eigenvalue weighted by molar-refractivity contribution is -0.163. The normalized spacial score (nSPS) is 24.5. The van der Waals surface area contributed by atoms with E-state index in [0.29, 0.717) is 12.0 Å². The van der Waals surface area contributed by atoms with Crippen LogP contribution in [0.25, 0.3) is 10.4 Å². The van der Waals surface area contributed by atoms with Gasteiger partial charge >= 0.3 is 5.97 Å². The Morgan fingerprint density at radius 3 is 2.83 bits per heavy atom. The van der Waals surface area contributed by atoms with E-state index in [4.69, 9.17) is 0 Å². The van der Waals surface area contributed by atoms with Crippen LogP contribution in [0.5, 0.6) is 0 Å². The summed E-state index contributed by atoms with van der Waals surface area (Å²) in [6.45, 7) is 3.63. The first kappa shape index (κ1) is 15.3. The number of carbonyl (C=O) groups excluding carboxylic acids is 1. The number of aliphatic carboxylic acids is 1. The monoisotopic (exact) mass is 347 g/mol. The van der Waals surface area contributed by atoms with Crippen LogP contribution in [0.2, 0.25) is 0 Å². The molecule has 2 aromatic heterocycles. The predicted molar refractivity (Wildman–Crippen MR) is 87.5 cm³/mol. The average molecular weight is 347 g/mol. The number of aliphatic hydroxyl groups is 1. The largest absolute Gasteiger partial charge is 0.477 e. The summed E-state index contributed by atoms with van der Waals surface area (Å²) >= 11 is 1.48. The maximum atomic E-state index is 12.0. The Morgan fingerprint density at radius 2 is 2.25 bits per heavy atom. The van der Waals surface area contributed by atoms with Gasteiger partial charge in [-0.25, -0.2) is 9.78 Å². The SMILES string of the molecule is CCc1ncn2cc(C3=C(C(=O)O)N4C(=O)CC4([C@@H](C)O)C3)sc12. The molecular weight excluding hydrogens is 330 g/mol. The molecule has 0 aromatic carbocycles. The fourth-order valence-corrected chi connectivity index (χ4v) is 4.92. The first-order valence-corrected chi connectivity index (χ1v) is 8.64. The number of aryl methyl sites for hydroxylation is 1. The van der Waals surface area contributed by atoms with Crippen molar-refractivity contribution in [3.63, 3.8) is 0 Å². The van der Waals surface area contributed by atoms with Gasteiger partial charge in [0.25, 0.3) is 0 Å². The van der Waals surface area contributed by atoms with Crippen molar-refractivity contribution in [2.75, 3.05) is 0 Å². The molecular formula is C16H17N3O4S. The number of amides is 1. The van der Waals surface area contributed by atoms with Gasteiger partial charge in [-0.1, -0.05) is 6.92 Å². The van der Waals surface area contributed by atoms with E-state index in [9.17, 15) is 19.8 Å². The summed E-state index contributed by atoms with van der Waals surface area (Å²) in [5.41, 5.74) is 0.768. The molecule has 0 radical (unpaired) electrons. The number of aromatic nitrogens is 2. The van der Waals surface area contributed by atoms with Gasteiger partial charge in [0.1, 0.15) is 16.9 Å². The summed E-state index contributed by atoms with van der Waals surface area (Å²) in [6.07, 6.45) is 4.11. The molecule has 126 valence electrons. The molecule has 2 aliphatic heterocycles. The second kappa shape index (κ2) is 4.90. The number of β-lactam (4-membered cyclic amide) rings is 1. The van der Waals surface area contributed by atoms with Gasteiger partial charge in [0, 0.05) is 18.2 Å². The highest BCUT2D eigenvalue weighted by atomic mass is 32.1. The third-order valence-corrected chi connectivity index (χ3v) is 6.25. The van der Waals surface area contributed by atoms with Gasteiger partial charge in [-0.05, 0) is 13.3 Å². The van der Waals surface area contributed by atoms with Crippen LogP contribution in [-0.2, 0) is 16.0 Å². The van der Waals surface area contributed by atoms with Crippen molar-refractivity contribution in [1.29, 1.82) is 0 Å². The van der Waals surface area contributed by atoms with E-state index in [0.717, 1.165) is 21.8 Å². The molecule has 0 aliphatic carbocycles. The number of fused-ring (bicyclic) bond motifs is 2. The molecule has 0 spiro atoms. The third-order valence-electron chi connectivity index (χ3n) is 5.04. The number of imidazole rings is 1. The van der Waals surface area contributed by atoms with Crippen LogP contribution in [0.4, 0.5) is 0 Å². The molecule has 1 unspecified atom stereocenters. The number of carbonyl (C=O) groups is 2. The van der Waals surface area contributed by atoms with Crippen molar-refractivity contribution in [3.8, 4) is 0 Å². The summed E-state index contributed by atoms with van der Waals surface area (Å²) in [7, 11) is 0. The zero-order valence-electron chi connectivity index (χ0n) is 13.3. The molecule has 1 saturated heterocycles. The molecule has 7 nitrogen and oxygen atoms in total. The maximum Gasteiger partial charge on any atom is 0.352 e. The van der Waals surface area contributed by atoms with Gasteiger partial charge in [0.15, 0.2) is 0 Å². The Bertz CT molecular complexity index is 910. The van der Waals surface area contributed by atoms with Crippen molar-refractivity contribution in [2.45, 2.75) is 44.8 Å². The van der Waals surface area contributed by atoms with Gasteiger partial charge in [0.2, 0.25) is 5.91 Å². The Labute approximate surface area is 141 Å². The van der Waals surface area contributed by atoms with Crippen LogP contribution in [0, 0.1) is 0 Å². The summed E-state index contributed by atoms with van der Waals surface area (Å²) in [5, 5.41) is 19.8. The molecule has 2 atom stereocenters. The molecule has 1 amide bonds. The van der Waals surface area contributed by atoms with Crippen molar-refractivity contribution < 1.29 is 19.8 Å².